The zero-order valence-electron chi connectivity index (χ0n) is 9.93. The predicted octanol–water partition coefficient (Wildman–Crippen LogP) is -0.0751. The minimum atomic E-state index is -0.303. The smallest absolute Gasteiger partial charge is 0.228 e. The van der Waals surface area contributed by atoms with Gasteiger partial charge < -0.3 is 20.1 Å². The van der Waals surface area contributed by atoms with E-state index in [1.165, 1.54) is 0 Å². The Kier molecular flexibility index (Phi) is 3.96. The minimum Gasteiger partial charge on any atom is -0.391 e. The van der Waals surface area contributed by atoms with Crippen LogP contribution in [-0.4, -0.2) is 54.3 Å². The van der Waals surface area contributed by atoms with Crippen molar-refractivity contribution in [3.05, 3.63) is 0 Å². The van der Waals surface area contributed by atoms with Crippen molar-refractivity contribution in [1.29, 1.82) is 0 Å². The summed E-state index contributed by atoms with van der Waals surface area (Å²) in [5.74, 6) is 0.119. The Hall–Kier alpha value is -0.720. The van der Waals surface area contributed by atoms with Gasteiger partial charge in [-0.25, -0.2) is 0 Å². The summed E-state index contributed by atoms with van der Waals surface area (Å²) in [6.07, 6.45) is 0.673. The van der Waals surface area contributed by atoms with Gasteiger partial charge in [-0.1, -0.05) is 12.2 Å². The van der Waals surface area contributed by atoms with Gasteiger partial charge >= 0.3 is 0 Å². The highest BCUT2D eigenvalue weighted by atomic mass is 32.1. The van der Waals surface area contributed by atoms with E-state index in [1.807, 2.05) is 6.92 Å². The van der Waals surface area contributed by atoms with E-state index in [-0.39, 0.29) is 24.0 Å². The third-order valence-corrected chi connectivity index (χ3v) is 3.51. The third-order valence-electron chi connectivity index (χ3n) is 3.24. The molecule has 6 heteroatoms. The first kappa shape index (κ1) is 12.7. The van der Waals surface area contributed by atoms with Gasteiger partial charge in [-0.2, -0.15) is 0 Å². The number of morpholine rings is 1. The second-order valence-electron chi connectivity index (χ2n) is 4.62. The fourth-order valence-electron chi connectivity index (χ4n) is 2.27. The molecule has 96 valence electrons. The zero-order valence-corrected chi connectivity index (χ0v) is 10.7. The lowest BCUT2D eigenvalue weighted by atomic mass is 10.0. The molecule has 2 heterocycles. The van der Waals surface area contributed by atoms with E-state index in [2.05, 4.69) is 0 Å². The molecule has 17 heavy (non-hydrogen) atoms. The number of hydrogen-bond acceptors (Lipinski definition) is 4. The molecule has 2 aliphatic heterocycles. The van der Waals surface area contributed by atoms with Crippen molar-refractivity contribution in [3.63, 3.8) is 0 Å². The van der Waals surface area contributed by atoms with Crippen molar-refractivity contribution in [1.82, 2.24) is 4.90 Å². The first-order valence-corrected chi connectivity index (χ1v) is 6.30. The van der Waals surface area contributed by atoms with E-state index in [0.29, 0.717) is 31.3 Å². The molecule has 5 nitrogen and oxygen atoms in total. The summed E-state index contributed by atoms with van der Waals surface area (Å²) in [4.78, 5) is 14.3. The maximum atomic E-state index is 12.2. The van der Waals surface area contributed by atoms with Crippen molar-refractivity contribution in [2.45, 2.75) is 25.6 Å². The second kappa shape index (κ2) is 5.29. The van der Waals surface area contributed by atoms with Crippen LogP contribution in [0.25, 0.3) is 0 Å². The maximum Gasteiger partial charge on any atom is 0.228 e. The van der Waals surface area contributed by atoms with Gasteiger partial charge in [-0.15, -0.1) is 0 Å². The Balaban J connectivity index is 1.93. The Labute approximate surface area is 106 Å². The summed E-state index contributed by atoms with van der Waals surface area (Å²) < 4.78 is 10.8. The molecule has 0 aliphatic carbocycles. The van der Waals surface area contributed by atoms with Crippen LogP contribution in [0.1, 0.15) is 13.3 Å². The number of rotatable bonds is 2. The lowest BCUT2D eigenvalue weighted by Gasteiger charge is -2.33. The summed E-state index contributed by atoms with van der Waals surface area (Å²) in [6, 6.07) is 0. The van der Waals surface area contributed by atoms with Gasteiger partial charge in [0.25, 0.3) is 0 Å². The molecule has 2 fully saturated rings. The van der Waals surface area contributed by atoms with Crippen molar-refractivity contribution >= 4 is 23.1 Å². The molecule has 0 spiro atoms. The summed E-state index contributed by atoms with van der Waals surface area (Å²) in [5.41, 5.74) is 5.55. The lowest BCUT2D eigenvalue weighted by Crippen LogP contribution is -2.51. The predicted molar refractivity (Wildman–Crippen MR) is 66.6 cm³/mol. The van der Waals surface area contributed by atoms with Gasteiger partial charge in [-0.05, 0) is 13.3 Å². The topological polar surface area (TPSA) is 64.8 Å². The quantitative estimate of drug-likeness (QED) is 0.702. The first-order chi connectivity index (χ1) is 8.08. The number of nitrogens with zero attached hydrogens (tertiary/aromatic N) is 1. The van der Waals surface area contributed by atoms with Gasteiger partial charge in [0.2, 0.25) is 5.91 Å². The van der Waals surface area contributed by atoms with Gasteiger partial charge in [0.05, 0.1) is 31.8 Å². The van der Waals surface area contributed by atoms with Crippen LogP contribution in [0.2, 0.25) is 0 Å². The molecule has 2 aliphatic rings. The number of thiocarbonyl (C=S) groups is 1. The number of amides is 1. The zero-order chi connectivity index (χ0) is 12.4. The number of hydrogen-bond donors (Lipinski definition) is 1. The molecule has 0 saturated carbocycles. The molecule has 0 bridgehead atoms. The summed E-state index contributed by atoms with van der Waals surface area (Å²) in [6.45, 7) is 4.10. The van der Waals surface area contributed by atoms with Crippen molar-refractivity contribution in [2.75, 3.05) is 26.3 Å². The highest BCUT2D eigenvalue weighted by molar-refractivity contribution is 7.80. The average Bonchev–Trinajstić information content (AvgIpc) is 2.75. The standard InChI is InChI=1S/C11H18N2O3S/c1-7-4-8(6-16-7)11(14)13-2-3-15-9(5-13)10(12)17/h7-9H,2-6H2,1H3,(H2,12,17). The molecule has 2 N–H and O–H groups in total. The number of carbonyl (C=O) groups excluding carboxylic acids is 1. The van der Waals surface area contributed by atoms with Crippen LogP contribution in [0.3, 0.4) is 0 Å². The molecule has 3 atom stereocenters. The van der Waals surface area contributed by atoms with E-state index >= 15 is 0 Å². The van der Waals surface area contributed by atoms with E-state index in [0.717, 1.165) is 6.42 Å². The fourth-order valence-corrected chi connectivity index (χ4v) is 2.41. The number of nitrogens with two attached hydrogens (primary N) is 1. The molecular formula is C11H18N2O3S. The Morgan fingerprint density at radius 3 is 2.82 bits per heavy atom. The Morgan fingerprint density at radius 2 is 2.24 bits per heavy atom. The molecule has 0 aromatic heterocycles. The van der Waals surface area contributed by atoms with Crippen LogP contribution in [0, 0.1) is 5.92 Å². The Bertz CT molecular complexity index is 324. The molecule has 1 amide bonds. The fraction of sp³-hybridized carbons (Fsp3) is 0.818. The highest BCUT2D eigenvalue weighted by Crippen LogP contribution is 2.22. The molecule has 0 radical (unpaired) electrons. The number of ether oxygens (including phenoxy) is 2. The SMILES string of the molecule is CC1CC(C(=O)N2CCOC(C(N)=S)C2)CO1. The van der Waals surface area contributed by atoms with Gasteiger partial charge in [-0.3, -0.25) is 4.79 Å². The van der Waals surface area contributed by atoms with Crippen LogP contribution in [-0.2, 0) is 14.3 Å². The van der Waals surface area contributed by atoms with E-state index in [1.54, 1.807) is 4.90 Å². The first-order valence-electron chi connectivity index (χ1n) is 5.89. The molecule has 0 aromatic rings. The lowest BCUT2D eigenvalue weighted by molar-refractivity contribution is -0.140. The largest absolute Gasteiger partial charge is 0.391 e. The normalized spacial score (nSPS) is 33.7. The monoisotopic (exact) mass is 258 g/mol. The highest BCUT2D eigenvalue weighted by Gasteiger charge is 2.34. The molecule has 3 unspecified atom stereocenters. The molecule has 2 saturated heterocycles. The van der Waals surface area contributed by atoms with Gasteiger partial charge in [0.1, 0.15) is 11.1 Å². The van der Waals surface area contributed by atoms with Crippen LogP contribution in [0.15, 0.2) is 0 Å². The van der Waals surface area contributed by atoms with Crippen LogP contribution in [0.4, 0.5) is 0 Å². The van der Waals surface area contributed by atoms with Crippen molar-refractivity contribution in [3.8, 4) is 0 Å². The van der Waals surface area contributed by atoms with Crippen molar-refractivity contribution < 1.29 is 14.3 Å². The van der Waals surface area contributed by atoms with Crippen LogP contribution >= 0.6 is 12.2 Å². The third kappa shape index (κ3) is 2.94. The average molecular weight is 258 g/mol. The van der Waals surface area contributed by atoms with E-state index in [4.69, 9.17) is 27.4 Å². The van der Waals surface area contributed by atoms with E-state index in [9.17, 15) is 4.79 Å². The second-order valence-corrected chi connectivity index (χ2v) is 5.09. The molecule has 0 aromatic carbocycles. The van der Waals surface area contributed by atoms with Gasteiger partial charge in [0.15, 0.2) is 0 Å². The summed E-state index contributed by atoms with van der Waals surface area (Å²) in [5, 5.41) is 0. The summed E-state index contributed by atoms with van der Waals surface area (Å²) in [7, 11) is 0. The molecular weight excluding hydrogens is 240 g/mol. The number of carbonyl (C=O) groups is 1. The molecule has 2 rings (SSSR count). The summed E-state index contributed by atoms with van der Waals surface area (Å²) >= 11 is 4.90. The minimum absolute atomic E-state index is 0.0184. The maximum absolute atomic E-state index is 12.2. The van der Waals surface area contributed by atoms with Crippen molar-refractivity contribution in [2.24, 2.45) is 11.7 Å². The van der Waals surface area contributed by atoms with Crippen LogP contribution in [0.5, 0.6) is 0 Å². The van der Waals surface area contributed by atoms with E-state index < -0.39 is 0 Å². The Morgan fingerprint density at radius 1 is 1.47 bits per heavy atom. The van der Waals surface area contributed by atoms with Gasteiger partial charge in [0, 0.05) is 6.54 Å². The van der Waals surface area contributed by atoms with Crippen LogP contribution < -0.4 is 5.73 Å².